The molecule has 0 spiro atoms. The number of oxazole rings is 1. The normalized spacial score (nSPS) is 11.0. The minimum atomic E-state index is 0.572. The van der Waals surface area contributed by atoms with E-state index in [-0.39, 0.29) is 0 Å². The highest BCUT2D eigenvalue weighted by Gasteiger charge is 2.11. The van der Waals surface area contributed by atoms with Crippen molar-refractivity contribution in [3.05, 3.63) is 77.8 Å². The van der Waals surface area contributed by atoms with Crippen LogP contribution in [0.15, 0.2) is 70.8 Å². The molecule has 0 saturated heterocycles. The zero-order valence-electron chi connectivity index (χ0n) is 14.3. The molecule has 3 heterocycles. The van der Waals surface area contributed by atoms with Gasteiger partial charge in [0, 0.05) is 35.4 Å². The van der Waals surface area contributed by atoms with Gasteiger partial charge in [0.25, 0.3) is 0 Å². The second-order valence-electron chi connectivity index (χ2n) is 5.80. The molecule has 0 N–H and O–H groups in total. The Bertz CT molecular complexity index is 1020. The summed E-state index contributed by atoms with van der Waals surface area (Å²) in [6.45, 7) is 0.770. The van der Waals surface area contributed by atoms with Gasteiger partial charge in [-0.1, -0.05) is 41.6 Å². The van der Waals surface area contributed by atoms with E-state index in [2.05, 4.69) is 20.2 Å². The van der Waals surface area contributed by atoms with Crippen LogP contribution in [0.1, 0.15) is 11.6 Å². The molecule has 0 fully saturated rings. The van der Waals surface area contributed by atoms with Crippen LogP contribution in [0.25, 0.3) is 11.3 Å². The molecule has 3 aromatic heterocycles. The fraction of sp³-hybridized carbons (Fsp3) is 0.158. The van der Waals surface area contributed by atoms with E-state index < -0.39 is 0 Å². The number of hydrogen-bond acceptors (Lipinski definition) is 6. The summed E-state index contributed by atoms with van der Waals surface area (Å²) in [5.41, 5.74) is 1.95. The second kappa shape index (κ2) is 8.37. The average Bonchev–Trinajstić information content (AvgIpc) is 3.35. The van der Waals surface area contributed by atoms with Crippen LogP contribution < -0.4 is 0 Å². The van der Waals surface area contributed by atoms with Crippen LogP contribution in [0, 0.1) is 0 Å². The van der Waals surface area contributed by atoms with Gasteiger partial charge in [-0.15, -0.1) is 10.2 Å². The third kappa shape index (κ3) is 4.56. The molecule has 0 unspecified atom stereocenters. The van der Waals surface area contributed by atoms with Crippen LogP contribution in [0.2, 0.25) is 5.02 Å². The number of nitrogens with zero attached hydrogens (tertiary/aromatic N) is 5. The van der Waals surface area contributed by atoms with Crippen molar-refractivity contribution >= 4 is 23.4 Å². The fourth-order valence-electron chi connectivity index (χ4n) is 2.57. The van der Waals surface area contributed by atoms with E-state index in [9.17, 15) is 0 Å². The van der Waals surface area contributed by atoms with Crippen LogP contribution in [-0.4, -0.2) is 24.7 Å². The minimum Gasteiger partial charge on any atom is -0.440 e. The predicted molar refractivity (Wildman–Crippen MR) is 104 cm³/mol. The molecule has 6 nitrogen and oxygen atoms in total. The maximum absolute atomic E-state index is 6.03. The van der Waals surface area contributed by atoms with E-state index in [1.54, 1.807) is 30.5 Å². The third-order valence-corrected chi connectivity index (χ3v) is 5.10. The van der Waals surface area contributed by atoms with E-state index in [0.717, 1.165) is 29.4 Å². The van der Waals surface area contributed by atoms with Crippen molar-refractivity contribution in [2.75, 3.05) is 0 Å². The smallest absolute Gasteiger partial charge is 0.205 e. The number of pyridine rings is 1. The number of thioether (sulfide) groups is 1. The first-order valence-electron chi connectivity index (χ1n) is 8.39. The van der Waals surface area contributed by atoms with Crippen molar-refractivity contribution in [3.63, 3.8) is 0 Å². The van der Waals surface area contributed by atoms with Crippen LogP contribution in [-0.2, 0) is 18.7 Å². The third-order valence-electron chi connectivity index (χ3n) is 3.90. The summed E-state index contributed by atoms with van der Waals surface area (Å²) < 4.78 is 7.85. The first-order chi connectivity index (χ1) is 13.3. The fourth-order valence-corrected chi connectivity index (χ4v) is 3.55. The molecular formula is C19H16ClN5OS. The molecule has 0 aliphatic heterocycles. The van der Waals surface area contributed by atoms with Gasteiger partial charge in [0.05, 0.1) is 11.9 Å². The lowest BCUT2D eigenvalue weighted by Crippen LogP contribution is -2.03. The van der Waals surface area contributed by atoms with Crippen LogP contribution in [0.3, 0.4) is 0 Å². The number of benzene rings is 1. The summed E-state index contributed by atoms with van der Waals surface area (Å²) in [5.74, 6) is 1.90. The van der Waals surface area contributed by atoms with Gasteiger partial charge in [-0.3, -0.25) is 4.98 Å². The first-order valence-corrected chi connectivity index (χ1v) is 9.75. The van der Waals surface area contributed by atoms with Crippen molar-refractivity contribution in [3.8, 4) is 11.3 Å². The zero-order valence-corrected chi connectivity index (χ0v) is 15.9. The van der Waals surface area contributed by atoms with E-state index in [1.165, 1.54) is 0 Å². The van der Waals surface area contributed by atoms with Crippen molar-refractivity contribution in [2.45, 2.75) is 23.9 Å². The summed E-state index contributed by atoms with van der Waals surface area (Å²) in [6, 6.07) is 13.4. The summed E-state index contributed by atoms with van der Waals surface area (Å²) in [7, 11) is 0. The average molecular weight is 398 g/mol. The quantitative estimate of drug-likeness (QED) is 0.427. The molecule has 1 aromatic carbocycles. The Labute approximate surface area is 165 Å². The summed E-state index contributed by atoms with van der Waals surface area (Å²) in [6.07, 6.45) is 6.08. The molecule has 4 rings (SSSR count). The first kappa shape index (κ1) is 17.8. The van der Waals surface area contributed by atoms with Gasteiger partial charge in [-0.25, -0.2) is 4.98 Å². The summed E-state index contributed by atoms with van der Waals surface area (Å²) in [4.78, 5) is 8.69. The second-order valence-corrected chi connectivity index (χ2v) is 7.17. The predicted octanol–water partition coefficient (Wildman–Crippen LogP) is 4.52. The minimum absolute atomic E-state index is 0.572. The molecule has 8 heteroatoms. The monoisotopic (exact) mass is 397 g/mol. The highest BCUT2D eigenvalue weighted by molar-refractivity contribution is 7.98. The molecule has 0 saturated carbocycles. The van der Waals surface area contributed by atoms with Crippen molar-refractivity contribution in [1.82, 2.24) is 24.7 Å². The zero-order chi connectivity index (χ0) is 18.5. The highest BCUT2D eigenvalue weighted by Crippen LogP contribution is 2.26. The molecular weight excluding hydrogens is 382 g/mol. The number of aryl methyl sites for hydroxylation is 2. The maximum Gasteiger partial charge on any atom is 0.205 e. The van der Waals surface area contributed by atoms with Crippen LogP contribution in [0.4, 0.5) is 0 Å². The number of hydrogen-bond donors (Lipinski definition) is 0. The molecule has 0 amide bonds. The van der Waals surface area contributed by atoms with Crippen LogP contribution in [0.5, 0.6) is 0 Å². The Balaban J connectivity index is 1.38. The lowest BCUT2D eigenvalue weighted by atomic mass is 10.2. The van der Waals surface area contributed by atoms with Gasteiger partial charge in [0.15, 0.2) is 10.9 Å². The number of rotatable bonds is 7. The SMILES string of the molecule is Clc1cccc(-c2cnc(CSc3nncn3CCc3ccccn3)o2)c1. The van der Waals surface area contributed by atoms with Gasteiger partial charge in [-0.2, -0.15) is 0 Å². The summed E-state index contributed by atoms with van der Waals surface area (Å²) in [5, 5.41) is 9.70. The topological polar surface area (TPSA) is 69.6 Å². The van der Waals surface area contributed by atoms with E-state index in [1.807, 2.05) is 47.0 Å². The van der Waals surface area contributed by atoms with Crippen molar-refractivity contribution in [2.24, 2.45) is 0 Å². The van der Waals surface area contributed by atoms with Crippen molar-refractivity contribution < 1.29 is 4.42 Å². The van der Waals surface area contributed by atoms with E-state index in [4.69, 9.17) is 16.0 Å². The van der Waals surface area contributed by atoms with E-state index in [0.29, 0.717) is 22.4 Å². The number of aromatic nitrogens is 5. The Morgan fingerprint density at radius 1 is 1.11 bits per heavy atom. The molecule has 27 heavy (non-hydrogen) atoms. The van der Waals surface area contributed by atoms with Gasteiger partial charge in [-0.05, 0) is 24.3 Å². The van der Waals surface area contributed by atoms with E-state index >= 15 is 0 Å². The van der Waals surface area contributed by atoms with Gasteiger partial charge >= 0.3 is 0 Å². The molecule has 0 aliphatic rings. The maximum atomic E-state index is 6.03. The standard InChI is InChI=1S/C19H16ClN5OS/c20-15-5-3-4-14(10-15)17-11-22-18(26-17)12-27-19-24-23-13-25(19)9-7-16-6-1-2-8-21-16/h1-6,8,10-11,13H,7,9,12H2. The van der Waals surface area contributed by atoms with Crippen molar-refractivity contribution in [1.29, 1.82) is 0 Å². The molecule has 0 bridgehead atoms. The summed E-state index contributed by atoms with van der Waals surface area (Å²) >= 11 is 7.57. The highest BCUT2D eigenvalue weighted by atomic mass is 35.5. The molecule has 4 aromatic rings. The molecule has 0 radical (unpaired) electrons. The Kier molecular flexibility index (Phi) is 5.50. The Morgan fingerprint density at radius 2 is 2.07 bits per heavy atom. The van der Waals surface area contributed by atoms with Gasteiger partial charge in [0.2, 0.25) is 5.89 Å². The lowest BCUT2D eigenvalue weighted by molar-refractivity contribution is 0.529. The van der Waals surface area contributed by atoms with Crippen LogP contribution >= 0.6 is 23.4 Å². The Hall–Kier alpha value is -2.64. The largest absolute Gasteiger partial charge is 0.440 e. The lowest BCUT2D eigenvalue weighted by Gasteiger charge is -2.05. The molecule has 0 atom stereocenters. The Morgan fingerprint density at radius 3 is 2.93 bits per heavy atom. The molecule has 0 aliphatic carbocycles. The van der Waals surface area contributed by atoms with Gasteiger partial charge < -0.3 is 8.98 Å². The number of halogens is 1. The van der Waals surface area contributed by atoms with Gasteiger partial charge in [0.1, 0.15) is 6.33 Å². The molecule has 136 valence electrons.